The van der Waals surface area contributed by atoms with Crippen LogP contribution in [0, 0.1) is 5.92 Å². The van der Waals surface area contributed by atoms with Crippen molar-refractivity contribution in [2.24, 2.45) is 5.92 Å². The Bertz CT molecular complexity index is 1030. The number of aryl methyl sites for hydroxylation is 1. The Kier molecular flexibility index (Phi) is 6.38. The van der Waals surface area contributed by atoms with Crippen molar-refractivity contribution in [3.63, 3.8) is 0 Å². The minimum atomic E-state index is -0.150. The monoisotopic (exact) mass is 423 g/mol. The van der Waals surface area contributed by atoms with Gasteiger partial charge in [-0.3, -0.25) is 9.59 Å². The van der Waals surface area contributed by atoms with Crippen LogP contribution in [0.15, 0.2) is 54.7 Å². The molecule has 1 aliphatic heterocycles. The highest BCUT2D eigenvalue weighted by Gasteiger charge is 2.28. The first kappa shape index (κ1) is 20.5. The van der Waals surface area contributed by atoms with Crippen LogP contribution in [-0.4, -0.2) is 34.8 Å². The van der Waals surface area contributed by atoms with Crippen LogP contribution in [0.4, 0.5) is 0 Å². The number of nitrogens with zero attached hydrogens (tertiary/aromatic N) is 1. The first-order chi connectivity index (χ1) is 14.6. The Morgan fingerprint density at radius 1 is 1.13 bits per heavy atom. The zero-order chi connectivity index (χ0) is 20.9. The number of para-hydroxylation sites is 1. The summed E-state index contributed by atoms with van der Waals surface area (Å²) in [6.07, 6.45) is 4.82. The Morgan fingerprint density at radius 2 is 1.93 bits per heavy atom. The molecule has 3 aromatic rings. The van der Waals surface area contributed by atoms with E-state index in [1.807, 2.05) is 53.6 Å². The third-order valence-corrected chi connectivity index (χ3v) is 6.06. The van der Waals surface area contributed by atoms with Gasteiger partial charge in [0.1, 0.15) is 0 Å². The van der Waals surface area contributed by atoms with Gasteiger partial charge in [-0.25, -0.2) is 0 Å². The van der Waals surface area contributed by atoms with E-state index in [1.165, 1.54) is 5.39 Å². The van der Waals surface area contributed by atoms with E-state index in [1.54, 1.807) is 0 Å². The van der Waals surface area contributed by atoms with Gasteiger partial charge >= 0.3 is 0 Å². The van der Waals surface area contributed by atoms with Gasteiger partial charge in [-0.1, -0.05) is 41.9 Å². The van der Waals surface area contributed by atoms with Gasteiger partial charge in [0.25, 0.3) is 0 Å². The molecule has 2 aromatic carbocycles. The number of aromatic amines is 1. The lowest BCUT2D eigenvalue weighted by Crippen LogP contribution is -2.45. The number of amides is 2. The van der Waals surface area contributed by atoms with Gasteiger partial charge in [-0.05, 0) is 48.6 Å². The summed E-state index contributed by atoms with van der Waals surface area (Å²) in [6, 6.07) is 15.6. The van der Waals surface area contributed by atoms with E-state index in [-0.39, 0.29) is 17.7 Å². The van der Waals surface area contributed by atoms with Crippen molar-refractivity contribution in [2.45, 2.75) is 32.2 Å². The van der Waals surface area contributed by atoms with Crippen molar-refractivity contribution in [1.29, 1.82) is 0 Å². The molecule has 6 heteroatoms. The first-order valence-corrected chi connectivity index (χ1v) is 10.8. The van der Waals surface area contributed by atoms with Crippen LogP contribution in [0.1, 0.15) is 30.4 Å². The average molecular weight is 424 g/mol. The summed E-state index contributed by atoms with van der Waals surface area (Å²) in [5, 5.41) is 4.85. The van der Waals surface area contributed by atoms with E-state index in [0.717, 1.165) is 36.0 Å². The third kappa shape index (κ3) is 4.85. The molecule has 1 aromatic heterocycles. The summed E-state index contributed by atoms with van der Waals surface area (Å²) >= 11 is 5.90. The maximum atomic E-state index is 12.8. The summed E-state index contributed by atoms with van der Waals surface area (Å²) in [5.74, 6) is -0.0161. The standard InChI is InChI=1S/C24H26ClN3O2/c25-20-10-7-17(8-11-20)14-27-24(30)19-4-3-13-28(16-19)23(29)12-9-18-15-26-22-6-2-1-5-21(18)22/h1-2,5-8,10-11,15,19,26H,3-4,9,12-14,16H2,(H,27,30)/t19-/m0/s1. The summed E-state index contributed by atoms with van der Waals surface area (Å²) in [6.45, 7) is 1.70. The molecule has 0 spiro atoms. The van der Waals surface area contributed by atoms with Crippen molar-refractivity contribution in [1.82, 2.24) is 15.2 Å². The number of rotatable bonds is 6. The summed E-state index contributed by atoms with van der Waals surface area (Å²) in [7, 11) is 0. The molecule has 4 rings (SSSR count). The van der Waals surface area contributed by atoms with E-state index in [4.69, 9.17) is 11.6 Å². The molecule has 1 fully saturated rings. The predicted octanol–water partition coefficient (Wildman–Crippen LogP) is 4.31. The number of hydrogen-bond acceptors (Lipinski definition) is 2. The topological polar surface area (TPSA) is 65.2 Å². The van der Waals surface area contributed by atoms with Gasteiger partial charge < -0.3 is 15.2 Å². The number of likely N-dealkylation sites (tertiary alicyclic amines) is 1. The summed E-state index contributed by atoms with van der Waals surface area (Å²) < 4.78 is 0. The number of halogens is 1. The van der Waals surface area contributed by atoms with Crippen molar-refractivity contribution in [2.75, 3.05) is 13.1 Å². The maximum absolute atomic E-state index is 12.8. The van der Waals surface area contributed by atoms with Gasteiger partial charge in [0, 0.05) is 48.2 Å². The molecule has 5 nitrogen and oxygen atoms in total. The lowest BCUT2D eigenvalue weighted by Gasteiger charge is -2.32. The van der Waals surface area contributed by atoms with Crippen LogP contribution in [0.3, 0.4) is 0 Å². The van der Waals surface area contributed by atoms with Crippen molar-refractivity contribution in [3.05, 3.63) is 70.9 Å². The number of aromatic nitrogens is 1. The third-order valence-electron chi connectivity index (χ3n) is 5.81. The SMILES string of the molecule is O=C(NCc1ccc(Cl)cc1)[C@H]1CCCN(C(=O)CCc2c[nH]c3ccccc23)C1. The lowest BCUT2D eigenvalue weighted by molar-refractivity contribution is -0.135. The molecule has 0 saturated carbocycles. The molecular weight excluding hydrogens is 398 g/mol. The quantitative estimate of drug-likeness (QED) is 0.620. The van der Waals surface area contributed by atoms with Gasteiger partial charge in [-0.15, -0.1) is 0 Å². The van der Waals surface area contributed by atoms with Crippen LogP contribution in [-0.2, 0) is 22.6 Å². The fraction of sp³-hybridized carbons (Fsp3) is 0.333. The molecule has 30 heavy (non-hydrogen) atoms. The van der Waals surface area contributed by atoms with Crippen molar-refractivity contribution in [3.8, 4) is 0 Å². The number of fused-ring (bicyclic) bond motifs is 1. The Morgan fingerprint density at radius 3 is 2.77 bits per heavy atom. The first-order valence-electron chi connectivity index (χ1n) is 10.4. The molecule has 1 aliphatic rings. The summed E-state index contributed by atoms with van der Waals surface area (Å²) in [4.78, 5) is 30.5. The number of nitrogens with one attached hydrogen (secondary N) is 2. The number of H-pyrrole nitrogens is 1. The van der Waals surface area contributed by atoms with E-state index in [0.29, 0.717) is 31.0 Å². The molecule has 0 bridgehead atoms. The zero-order valence-electron chi connectivity index (χ0n) is 16.9. The molecule has 0 radical (unpaired) electrons. The Balaban J connectivity index is 1.28. The van der Waals surface area contributed by atoms with Gasteiger partial charge in [0.2, 0.25) is 11.8 Å². The maximum Gasteiger partial charge on any atom is 0.225 e. The fourth-order valence-corrected chi connectivity index (χ4v) is 4.22. The highest BCUT2D eigenvalue weighted by molar-refractivity contribution is 6.30. The lowest BCUT2D eigenvalue weighted by atomic mass is 9.96. The second-order valence-electron chi connectivity index (χ2n) is 7.88. The van der Waals surface area contributed by atoms with Crippen LogP contribution < -0.4 is 5.32 Å². The molecule has 2 N–H and O–H groups in total. The van der Waals surface area contributed by atoms with Crippen LogP contribution in [0.5, 0.6) is 0 Å². The Labute approximate surface area is 181 Å². The van der Waals surface area contributed by atoms with Crippen LogP contribution in [0.2, 0.25) is 5.02 Å². The van der Waals surface area contributed by atoms with E-state index in [2.05, 4.69) is 16.4 Å². The van der Waals surface area contributed by atoms with Gasteiger partial charge in [-0.2, -0.15) is 0 Å². The Hall–Kier alpha value is -2.79. The predicted molar refractivity (Wildman–Crippen MR) is 119 cm³/mol. The summed E-state index contributed by atoms with van der Waals surface area (Å²) in [5.41, 5.74) is 3.26. The largest absolute Gasteiger partial charge is 0.361 e. The van der Waals surface area contributed by atoms with E-state index < -0.39 is 0 Å². The molecule has 0 unspecified atom stereocenters. The normalized spacial score (nSPS) is 16.6. The molecule has 156 valence electrons. The van der Waals surface area contributed by atoms with Gasteiger partial charge in [0.15, 0.2) is 0 Å². The highest BCUT2D eigenvalue weighted by atomic mass is 35.5. The minimum Gasteiger partial charge on any atom is -0.361 e. The minimum absolute atomic E-state index is 0.0130. The van der Waals surface area contributed by atoms with E-state index in [9.17, 15) is 9.59 Å². The molecule has 2 amide bonds. The smallest absolute Gasteiger partial charge is 0.225 e. The van der Waals surface area contributed by atoms with Crippen LogP contribution in [0.25, 0.3) is 10.9 Å². The van der Waals surface area contributed by atoms with Crippen LogP contribution >= 0.6 is 11.6 Å². The molecule has 0 aliphatic carbocycles. The van der Waals surface area contributed by atoms with Gasteiger partial charge in [0.05, 0.1) is 5.92 Å². The number of carbonyl (C=O) groups excluding carboxylic acids is 2. The molecular formula is C24H26ClN3O2. The highest BCUT2D eigenvalue weighted by Crippen LogP contribution is 2.21. The molecule has 2 heterocycles. The average Bonchev–Trinajstić information content (AvgIpc) is 3.20. The number of benzene rings is 2. The zero-order valence-corrected chi connectivity index (χ0v) is 17.6. The molecule has 1 saturated heterocycles. The fourth-order valence-electron chi connectivity index (χ4n) is 4.09. The molecule has 1 atom stereocenters. The van der Waals surface area contributed by atoms with E-state index >= 15 is 0 Å². The second-order valence-corrected chi connectivity index (χ2v) is 8.32. The number of carbonyl (C=O) groups is 2. The number of piperidine rings is 1. The van der Waals surface area contributed by atoms with Crippen molar-refractivity contribution < 1.29 is 9.59 Å². The number of hydrogen-bond donors (Lipinski definition) is 2. The van der Waals surface area contributed by atoms with Crippen molar-refractivity contribution >= 4 is 34.3 Å². The second kappa shape index (κ2) is 9.35.